The molecule has 0 unspecified atom stereocenters. The van der Waals surface area contributed by atoms with E-state index in [1.807, 2.05) is 41.3 Å². The van der Waals surface area contributed by atoms with Gasteiger partial charge in [0.15, 0.2) is 0 Å². The Bertz CT molecular complexity index is 889. The van der Waals surface area contributed by atoms with Crippen molar-refractivity contribution in [3.63, 3.8) is 0 Å². The molecule has 5 heteroatoms. The highest BCUT2D eigenvalue weighted by Gasteiger charge is 2.58. The molecular weight excluding hydrogens is 352 g/mol. The molecule has 0 bridgehead atoms. The smallest absolute Gasteiger partial charge is 0.238 e. The number of fused-ring (bicyclic) bond motifs is 1. The van der Waals surface area contributed by atoms with Crippen LogP contribution in [0.2, 0.25) is 0 Å². The summed E-state index contributed by atoms with van der Waals surface area (Å²) in [6, 6.07) is 16.1. The Labute approximate surface area is 165 Å². The molecule has 0 saturated heterocycles. The van der Waals surface area contributed by atoms with Gasteiger partial charge < -0.3 is 15.0 Å². The molecule has 0 spiro atoms. The largest absolute Gasteiger partial charge is 0.497 e. The van der Waals surface area contributed by atoms with Crippen LogP contribution < -0.4 is 10.1 Å². The van der Waals surface area contributed by atoms with E-state index in [0.717, 1.165) is 17.7 Å². The first kappa shape index (κ1) is 18.5. The van der Waals surface area contributed by atoms with Crippen molar-refractivity contribution in [2.75, 3.05) is 20.2 Å². The van der Waals surface area contributed by atoms with Gasteiger partial charge in [-0.05, 0) is 54.5 Å². The summed E-state index contributed by atoms with van der Waals surface area (Å²) in [6.07, 6.45) is 2.86. The van der Waals surface area contributed by atoms with Crippen molar-refractivity contribution in [3.05, 3.63) is 65.2 Å². The quantitative estimate of drug-likeness (QED) is 0.787. The van der Waals surface area contributed by atoms with Gasteiger partial charge in [0.25, 0.3) is 0 Å². The molecule has 1 saturated carbocycles. The maximum absolute atomic E-state index is 13.1. The van der Waals surface area contributed by atoms with E-state index < -0.39 is 5.41 Å². The molecule has 0 atom stereocenters. The number of hydrogen-bond acceptors (Lipinski definition) is 3. The minimum Gasteiger partial charge on any atom is -0.497 e. The van der Waals surface area contributed by atoms with Gasteiger partial charge in [-0.25, -0.2) is 0 Å². The van der Waals surface area contributed by atoms with Gasteiger partial charge >= 0.3 is 0 Å². The molecule has 2 amide bonds. The van der Waals surface area contributed by atoms with Crippen LogP contribution in [0, 0.1) is 5.41 Å². The van der Waals surface area contributed by atoms with Crippen LogP contribution >= 0.6 is 0 Å². The Morgan fingerprint density at radius 3 is 2.64 bits per heavy atom. The van der Waals surface area contributed by atoms with Crippen LogP contribution in [-0.4, -0.2) is 36.9 Å². The van der Waals surface area contributed by atoms with Crippen LogP contribution in [0.25, 0.3) is 0 Å². The second-order valence-corrected chi connectivity index (χ2v) is 7.68. The summed E-state index contributed by atoms with van der Waals surface area (Å²) in [7, 11) is 1.64. The number of rotatable bonds is 6. The van der Waals surface area contributed by atoms with Crippen LogP contribution in [0.5, 0.6) is 5.75 Å². The SMILES string of the molecule is COc1cccc(CCNC(=O)C2(C(=O)N3CCc4ccccc4C3)CC2)c1. The molecule has 1 aliphatic carbocycles. The third-order valence-electron chi connectivity index (χ3n) is 5.85. The number of ether oxygens (including phenoxy) is 1. The first-order valence-corrected chi connectivity index (χ1v) is 9.90. The Morgan fingerprint density at radius 2 is 1.89 bits per heavy atom. The van der Waals surface area contributed by atoms with Gasteiger partial charge in [0.2, 0.25) is 11.8 Å². The molecule has 2 aromatic rings. The van der Waals surface area contributed by atoms with Gasteiger partial charge in [-0.2, -0.15) is 0 Å². The fraction of sp³-hybridized carbons (Fsp3) is 0.391. The molecule has 146 valence electrons. The van der Waals surface area contributed by atoms with Crippen molar-refractivity contribution in [1.29, 1.82) is 0 Å². The molecule has 2 aromatic carbocycles. The van der Waals surface area contributed by atoms with Gasteiger partial charge in [0.05, 0.1) is 7.11 Å². The van der Waals surface area contributed by atoms with Crippen molar-refractivity contribution >= 4 is 11.8 Å². The number of hydrogen-bond donors (Lipinski definition) is 1. The van der Waals surface area contributed by atoms with Crippen molar-refractivity contribution in [2.45, 2.75) is 32.2 Å². The zero-order chi connectivity index (χ0) is 19.6. The lowest BCUT2D eigenvalue weighted by Gasteiger charge is -2.31. The molecule has 1 fully saturated rings. The molecule has 0 aromatic heterocycles. The van der Waals surface area contributed by atoms with Crippen LogP contribution in [0.15, 0.2) is 48.5 Å². The van der Waals surface area contributed by atoms with E-state index in [1.165, 1.54) is 11.1 Å². The molecular formula is C23H26N2O3. The predicted octanol–water partition coefficient (Wildman–Crippen LogP) is 2.72. The van der Waals surface area contributed by atoms with Crippen LogP contribution in [-0.2, 0) is 29.0 Å². The lowest BCUT2D eigenvalue weighted by atomic mass is 9.97. The van der Waals surface area contributed by atoms with E-state index in [4.69, 9.17) is 4.74 Å². The second kappa shape index (κ2) is 7.66. The van der Waals surface area contributed by atoms with E-state index in [9.17, 15) is 9.59 Å². The average Bonchev–Trinajstić information content (AvgIpc) is 3.55. The van der Waals surface area contributed by atoms with Gasteiger partial charge in [-0.15, -0.1) is 0 Å². The highest BCUT2D eigenvalue weighted by atomic mass is 16.5. The zero-order valence-electron chi connectivity index (χ0n) is 16.2. The summed E-state index contributed by atoms with van der Waals surface area (Å²) >= 11 is 0. The summed E-state index contributed by atoms with van der Waals surface area (Å²) in [5.41, 5.74) is 2.75. The number of nitrogens with one attached hydrogen (secondary N) is 1. The van der Waals surface area contributed by atoms with Crippen molar-refractivity contribution < 1.29 is 14.3 Å². The average molecular weight is 378 g/mol. The standard InChI is InChI=1S/C23H26N2O3/c1-28-20-8-4-5-17(15-20)9-13-24-21(26)23(11-12-23)22(27)25-14-10-18-6-2-3-7-19(18)16-25/h2-8,15H,9-14,16H2,1H3,(H,24,26). The van der Waals surface area contributed by atoms with Crippen molar-refractivity contribution in [2.24, 2.45) is 5.41 Å². The van der Waals surface area contributed by atoms with Crippen molar-refractivity contribution in [1.82, 2.24) is 10.2 Å². The minimum atomic E-state index is -0.847. The summed E-state index contributed by atoms with van der Waals surface area (Å²) in [4.78, 5) is 27.7. The first-order valence-electron chi connectivity index (χ1n) is 9.90. The van der Waals surface area contributed by atoms with Crippen LogP contribution in [0.1, 0.15) is 29.5 Å². The molecule has 28 heavy (non-hydrogen) atoms. The van der Waals surface area contributed by atoms with E-state index in [1.54, 1.807) is 7.11 Å². The van der Waals surface area contributed by atoms with Gasteiger partial charge in [0, 0.05) is 19.6 Å². The first-order chi connectivity index (χ1) is 13.6. The van der Waals surface area contributed by atoms with E-state index >= 15 is 0 Å². The Morgan fingerprint density at radius 1 is 1.11 bits per heavy atom. The summed E-state index contributed by atoms with van der Waals surface area (Å²) in [5.74, 6) is 0.670. The maximum atomic E-state index is 13.1. The summed E-state index contributed by atoms with van der Waals surface area (Å²) < 4.78 is 5.23. The maximum Gasteiger partial charge on any atom is 0.238 e. The third-order valence-corrected chi connectivity index (χ3v) is 5.85. The normalized spacial score (nSPS) is 16.8. The molecule has 5 nitrogen and oxygen atoms in total. The van der Waals surface area contributed by atoms with E-state index in [2.05, 4.69) is 17.4 Å². The number of nitrogens with zero attached hydrogens (tertiary/aromatic N) is 1. The monoisotopic (exact) mass is 378 g/mol. The Hall–Kier alpha value is -2.82. The highest BCUT2D eigenvalue weighted by molar-refractivity contribution is 6.07. The fourth-order valence-electron chi connectivity index (χ4n) is 3.95. The number of methoxy groups -OCH3 is 1. The van der Waals surface area contributed by atoms with E-state index in [-0.39, 0.29) is 11.8 Å². The molecule has 2 aliphatic rings. The van der Waals surface area contributed by atoms with Crippen molar-refractivity contribution in [3.8, 4) is 5.75 Å². The molecule has 0 radical (unpaired) electrons. The molecule has 4 rings (SSSR count). The van der Waals surface area contributed by atoms with E-state index in [0.29, 0.717) is 38.9 Å². The lowest BCUT2D eigenvalue weighted by Crippen LogP contribution is -2.47. The fourth-order valence-corrected chi connectivity index (χ4v) is 3.95. The Kier molecular flexibility index (Phi) is 5.07. The lowest BCUT2D eigenvalue weighted by molar-refractivity contribution is -0.145. The zero-order valence-corrected chi connectivity index (χ0v) is 16.2. The number of carbonyl (C=O) groups excluding carboxylic acids is 2. The van der Waals surface area contributed by atoms with Crippen LogP contribution in [0.4, 0.5) is 0 Å². The third kappa shape index (κ3) is 3.61. The van der Waals surface area contributed by atoms with Gasteiger partial charge in [-0.3, -0.25) is 9.59 Å². The predicted molar refractivity (Wildman–Crippen MR) is 107 cm³/mol. The number of carbonyl (C=O) groups is 2. The minimum absolute atomic E-state index is 0.0131. The Balaban J connectivity index is 1.34. The number of amides is 2. The molecule has 1 N–H and O–H groups in total. The van der Waals surface area contributed by atoms with Gasteiger partial charge in [-0.1, -0.05) is 36.4 Å². The highest BCUT2D eigenvalue weighted by Crippen LogP contribution is 2.48. The molecule has 1 aliphatic heterocycles. The van der Waals surface area contributed by atoms with Crippen LogP contribution in [0.3, 0.4) is 0 Å². The summed E-state index contributed by atoms with van der Waals surface area (Å²) in [6.45, 7) is 1.81. The molecule has 1 heterocycles. The van der Waals surface area contributed by atoms with Gasteiger partial charge in [0.1, 0.15) is 11.2 Å². The summed E-state index contributed by atoms with van der Waals surface area (Å²) in [5, 5.41) is 2.98. The number of benzene rings is 2. The second-order valence-electron chi connectivity index (χ2n) is 7.68. The topological polar surface area (TPSA) is 58.6 Å².